The van der Waals surface area contributed by atoms with E-state index in [2.05, 4.69) is 74.2 Å². The van der Waals surface area contributed by atoms with Gasteiger partial charge in [-0.2, -0.15) is 0 Å². The molecule has 0 aliphatic heterocycles. The average Bonchev–Trinajstić information content (AvgIpc) is 2.40. The largest absolute Gasteiger partial charge is 0.0651 e. The molecule has 0 saturated carbocycles. The minimum atomic E-state index is 1.07. The Labute approximate surface area is 110 Å². The maximum atomic E-state index is 3.20. The second-order valence-electron chi connectivity index (χ2n) is 4.56. The van der Waals surface area contributed by atoms with Crippen LogP contribution in [0.25, 0.3) is 0 Å². The summed E-state index contributed by atoms with van der Waals surface area (Å²) < 4.78 is 0. The lowest BCUT2D eigenvalue weighted by Crippen LogP contribution is -1.83. The van der Waals surface area contributed by atoms with Crippen molar-refractivity contribution in [2.75, 3.05) is 0 Å². The van der Waals surface area contributed by atoms with Gasteiger partial charge >= 0.3 is 0 Å². The topological polar surface area (TPSA) is 0 Å². The van der Waals surface area contributed by atoms with Gasteiger partial charge in [0.25, 0.3) is 0 Å². The monoisotopic (exact) mass is 234 g/mol. The zero-order valence-corrected chi connectivity index (χ0v) is 11.0. The molecule has 0 radical (unpaired) electrons. The second kappa shape index (κ2) is 6.07. The van der Waals surface area contributed by atoms with Crippen LogP contribution in [0.5, 0.6) is 0 Å². The van der Waals surface area contributed by atoms with Crippen molar-refractivity contribution in [1.82, 2.24) is 0 Å². The van der Waals surface area contributed by atoms with Gasteiger partial charge in [-0.05, 0) is 43.2 Å². The van der Waals surface area contributed by atoms with Gasteiger partial charge in [0.15, 0.2) is 0 Å². The molecule has 0 N–H and O–H groups in total. The van der Waals surface area contributed by atoms with E-state index in [1.54, 1.807) is 0 Å². The minimum Gasteiger partial charge on any atom is -0.0651 e. The molecule has 90 valence electrons. The quantitative estimate of drug-likeness (QED) is 0.678. The Morgan fingerprint density at radius 3 is 1.78 bits per heavy atom. The van der Waals surface area contributed by atoms with Crippen LogP contribution in [0.4, 0.5) is 0 Å². The van der Waals surface area contributed by atoms with Gasteiger partial charge in [0.1, 0.15) is 0 Å². The summed E-state index contributed by atoms with van der Waals surface area (Å²) in [5, 5.41) is 0. The molecule has 2 rings (SSSR count). The van der Waals surface area contributed by atoms with Crippen molar-refractivity contribution in [2.24, 2.45) is 0 Å². The van der Waals surface area contributed by atoms with Crippen LogP contribution >= 0.6 is 0 Å². The first-order chi connectivity index (χ1) is 8.78. The molecule has 0 aliphatic rings. The van der Waals surface area contributed by atoms with Crippen LogP contribution in [0, 0.1) is 18.8 Å². The second-order valence-corrected chi connectivity index (χ2v) is 4.56. The van der Waals surface area contributed by atoms with Gasteiger partial charge in [-0.3, -0.25) is 0 Å². The van der Waals surface area contributed by atoms with Crippen LogP contribution in [-0.2, 0) is 6.42 Å². The maximum Gasteiger partial charge on any atom is 0.0249 e. The Hall–Kier alpha value is -2.00. The van der Waals surface area contributed by atoms with Gasteiger partial charge in [0, 0.05) is 11.1 Å². The normalized spacial score (nSPS) is 9.67. The van der Waals surface area contributed by atoms with Crippen molar-refractivity contribution < 1.29 is 0 Å². The molecule has 0 amide bonds. The Kier molecular flexibility index (Phi) is 4.20. The summed E-state index contributed by atoms with van der Waals surface area (Å²) >= 11 is 0. The van der Waals surface area contributed by atoms with Crippen LogP contribution in [0.3, 0.4) is 0 Å². The predicted molar refractivity (Wildman–Crippen MR) is 77.6 cm³/mol. The standard InChI is InChI=1S/C18H18/c1-3-4-16-9-11-18(12-10-16)14-13-17-7-5-15(2)6-8-17/h5-12H,3-4H2,1-2H3. The molecular formula is C18H18. The van der Waals surface area contributed by atoms with Crippen LogP contribution in [-0.4, -0.2) is 0 Å². The molecule has 0 heterocycles. The van der Waals surface area contributed by atoms with E-state index in [0.29, 0.717) is 0 Å². The van der Waals surface area contributed by atoms with Crippen molar-refractivity contribution in [3.63, 3.8) is 0 Å². The van der Waals surface area contributed by atoms with Crippen LogP contribution in [0.15, 0.2) is 48.5 Å². The molecule has 0 bridgehead atoms. The van der Waals surface area contributed by atoms with Gasteiger partial charge in [-0.1, -0.05) is 55.0 Å². The van der Waals surface area contributed by atoms with Crippen molar-refractivity contribution >= 4 is 0 Å². The Bertz CT molecular complexity index is 548. The first-order valence-electron chi connectivity index (χ1n) is 6.45. The van der Waals surface area contributed by atoms with E-state index in [1.165, 1.54) is 17.5 Å². The predicted octanol–water partition coefficient (Wildman–Crippen LogP) is 4.35. The molecule has 0 saturated heterocycles. The molecule has 2 aromatic rings. The zero-order chi connectivity index (χ0) is 12.8. The smallest absolute Gasteiger partial charge is 0.0249 e. The number of hydrogen-bond acceptors (Lipinski definition) is 0. The van der Waals surface area contributed by atoms with Crippen LogP contribution < -0.4 is 0 Å². The van der Waals surface area contributed by atoms with Gasteiger partial charge in [0.2, 0.25) is 0 Å². The molecule has 0 aromatic heterocycles. The lowest BCUT2D eigenvalue weighted by atomic mass is 10.1. The van der Waals surface area contributed by atoms with Crippen molar-refractivity contribution in [1.29, 1.82) is 0 Å². The highest BCUT2D eigenvalue weighted by atomic mass is 14.0. The van der Waals surface area contributed by atoms with E-state index in [1.807, 2.05) is 0 Å². The third kappa shape index (κ3) is 3.50. The van der Waals surface area contributed by atoms with E-state index in [4.69, 9.17) is 0 Å². The molecule has 0 aliphatic carbocycles. The molecule has 0 nitrogen and oxygen atoms in total. The van der Waals surface area contributed by atoms with Gasteiger partial charge in [-0.25, -0.2) is 0 Å². The molecule has 0 fully saturated rings. The summed E-state index contributed by atoms with van der Waals surface area (Å²) in [5.41, 5.74) is 4.80. The summed E-state index contributed by atoms with van der Waals surface area (Å²) in [4.78, 5) is 0. The SMILES string of the molecule is CCCc1ccc(C#Cc2ccc(C)cc2)cc1. The van der Waals surface area contributed by atoms with Crippen molar-refractivity contribution in [3.05, 3.63) is 70.8 Å². The summed E-state index contributed by atoms with van der Waals surface area (Å²) in [5.74, 6) is 6.39. The maximum absolute atomic E-state index is 3.20. The molecule has 18 heavy (non-hydrogen) atoms. The molecule has 0 spiro atoms. The summed E-state index contributed by atoms with van der Waals surface area (Å²) in [6.07, 6.45) is 2.33. The molecule has 0 heteroatoms. The molecule has 0 unspecified atom stereocenters. The van der Waals surface area contributed by atoms with E-state index < -0.39 is 0 Å². The highest BCUT2D eigenvalue weighted by Crippen LogP contribution is 2.06. The van der Waals surface area contributed by atoms with E-state index >= 15 is 0 Å². The molecule has 2 aromatic carbocycles. The fraction of sp³-hybridized carbons (Fsp3) is 0.222. The van der Waals surface area contributed by atoms with Gasteiger partial charge < -0.3 is 0 Å². The number of hydrogen-bond donors (Lipinski definition) is 0. The molecule has 0 atom stereocenters. The van der Waals surface area contributed by atoms with Crippen LogP contribution in [0.2, 0.25) is 0 Å². The highest BCUT2D eigenvalue weighted by molar-refractivity contribution is 5.43. The summed E-state index contributed by atoms with van der Waals surface area (Å²) in [7, 11) is 0. The fourth-order valence-corrected chi connectivity index (χ4v) is 1.82. The zero-order valence-electron chi connectivity index (χ0n) is 11.0. The molecular weight excluding hydrogens is 216 g/mol. The Morgan fingerprint density at radius 2 is 1.28 bits per heavy atom. The number of benzene rings is 2. The Morgan fingerprint density at radius 1 is 0.778 bits per heavy atom. The number of rotatable bonds is 2. The lowest BCUT2D eigenvalue weighted by Gasteiger charge is -1.97. The lowest BCUT2D eigenvalue weighted by molar-refractivity contribution is 0.922. The Balaban J connectivity index is 2.12. The number of aryl methyl sites for hydroxylation is 2. The van der Waals surface area contributed by atoms with Crippen LogP contribution in [0.1, 0.15) is 35.6 Å². The van der Waals surface area contributed by atoms with Crippen molar-refractivity contribution in [3.8, 4) is 11.8 Å². The average molecular weight is 234 g/mol. The third-order valence-corrected chi connectivity index (χ3v) is 2.90. The van der Waals surface area contributed by atoms with Gasteiger partial charge in [-0.15, -0.1) is 0 Å². The van der Waals surface area contributed by atoms with E-state index in [-0.39, 0.29) is 0 Å². The van der Waals surface area contributed by atoms with E-state index in [9.17, 15) is 0 Å². The summed E-state index contributed by atoms with van der Waals surface area (Å²) in [6.45, 7) is 4.29. The van der Waals surface area contributed by atoms with E-state index in [0.717, 1.165) is 17.5 Å². The highest BCUT2D eigenvalue weighted by Gasteiger charge is 1.91. The van der Waals surface area contributed by atoms with Crippen molar-refractivity contribution in [2.45, 2.75) is 26.7 Å². The minimum absolute atomic E-state index is 1.07. The fourth-order valence-electron chi connectivity index (χ4n) is 1.82. The first kappa shape index (κ1) is 12.5. The van der Waals surface area contributed by atoms with Gasteiger partial charge in [0.05, 0.1) is 0 Å². The summed E-state index contributed by atoms with van der Waals surface area (Å²) in [6, 6.07) is 16.9. The third-order valence-electron chi connectivity index (χ3n) is 2.90. The first-order valence-corrected chi connectivity index (χ1v) is 6.45.